The molecule has 9 heteroatoms. The van der Waals surface area contributed by atoms with Crippen LogP contribution >= 0.6 is 0 Å². The van der Waals surface area contributed by atoms with E-state index in [2.05, 4.69) is 10.3 Å². The van der Waals surface area contributed by atoms with Gasteiger partial charge in [-0.1, -0.05) is 19.9 Å². The number of fused-ring (bicyclic) bond motifs is 1. The molecule has 1 fully saturated rings. The summed E-state index contributed by atoms with van der Waals surface area (Å²) < 4.78 is 32.0. The van der Waals surface area contributed by atoms with Crippen molar-refractivity contribution in [2.45, 2.75) is 24.7 Å². The standard InChI is InChI=1S/C23H25N3O5S/c1-15(2)20-14-22(27)25-21-13-17(5-8-19(20)21)24-23(28)16-3-6-18(7-4-16)32(29,30)26-9-11-31-12-10-26/h3-8,13-15H,9-12H2,1-2H3,(H,24,28)(H,25,27). The van der Waals surface area contributed by atoms with Crippen molar-refractivity contribution in [1.29, 1.82) is 0 Å². The Balaban J connectivity index is 1.54. The number of hydrogen-bond donors (Lipinski definition) is 2. The monoisotopic (exact) mass is 455 g/mol. The Morgan fingerprint density at radius 3 is 2.41 bits per heavy atom. The summed E-state index contributed by atoms with van der Waals surface area (Å²) >= 11 is 0. The minimum Gasteiger partial charge on any atom is -0.379 e. The summed E-state index contributed by atoms with van der Waals surface area (Å²) in [4.78, 5) is 27.6. The van der Waals surface area contributed by atoms with Gasteiger partial charge in [0, 0.05) is 35.8 Å². The number of aromatic nitrogens is 1. The number of aromatic amines is 1. The highest BCUT2D eigenvalue weighted by molar-refractivity contribution is 7.89. The zero-order valence-corrected chi connectivity index (χ0v) is 18.7. The Morgan fingerprint density at radius 1 is 1.06 bits per heavy atom. The number of rotatable bonds is 5. The molecule has 0 radical (unpaired) electrons. The van der Waals surface area contributed by atoms with Gasteiger partial charge < -0.3 is 15.0 Å². The molecule has 1 saturated heterocycles. The third-order valence-corrected chi connectivity index (χ3v) is 7.39. The SMILES string of the molecule is CC(C)c1cc(=O)[nH]c2cc(NC(=O)c3ccc(S(=O)(=O)N4CCOCC4)cc3)ccc12. The van der Waals surface area contributed by atoms with Crippen LogP contribution in [0.15, 0.2) is 58.2 Å². The van der Waals surface area contributed by atoms with Gasteiger partial charge in [0.1, 0.15) is 0 Å². The fraction of sp³-hybridized carbons (Fsp3) is 0.304. The number of benzene rings is 2. The topological polar surface area (TPSA) is 109 Å². The highest BCUT2D eigenvalue weighted by Gasteiger charge is 2.26. The number of H-pyrrole nitrogens is 1. The molecule has 1 aliphatic heterocycles. The maximum absolute atomic E-state index is 12.7. The Kier molecular flexibility index (Phi) is 6.14. The van der Waals surface area contributed by atoms with Gasteiger partial charge in [-0.2, -0.15) is 4.31 Å². The fourth-order valence-electron chi connectivity index (χ4n) is 3.76. The van der Waals surface area contributed by atoms with E-state index in [0.717, 1.165) is 10.9 Å². The molecule has 1 aromatic heterocycles. The number of amides is 1. The lowest BCUT2D eigenvalue weighted by atomic mass is 9.99. The van der Waals surface area contributed by atoms with Crippen LogP contribution in [0.4, 0.5) is 5.69 Å². The fourth-order valence-corrected chi connectivity index (χ4v) is 5.17. The van der Waals surface area contributed by atoms with Crippen molar-refractivity contribution in [3.63, 3.8) is 0 Å². The molecule has 8 nitrogen and oxygen atoms in total. The maximum atomic E-state index is 12.7. The van der Waals surface area contributed by atoms with Gasteiger partial charge >= 0.3 is 0 Å². The van der Waals surface area contributed by atoms with Crippen molar-refractivity contribution in [3.8, 4) is 0 Å². The molecular weight excluding hydrogens is 430 g/mol. The molecule has 0 bridgehead atoms. The Bertz CT molecular complexity index is 1310. The number of carbonyl (C=O) groups is 1. The number of hydrogen-bond acceptors (Lipinski definition) is 5. The first kappa shape index (κ1) is 22.2. The maximum Gasteiger partial charge on any atom is 0.255 e. The number of ether oxygens (including phenoxy) is 1. The second-order valence-electron chi connectivity index (χ2n) is 8.00. The number of anilines is 1. The van der Waals surface area contributed by atoms with E-state index < -0.39 is 10.0 Å². The summed E-state index contributed by atoms with van der Waals surface area (Å²) in [6.45, 7) is 5.41. The van der Waals surface area contributed by atoms with Crippen LogP contribution in [0.2, 0.25) is 0 Å². The number of nitrogens with one attached hydrogen (secondary N) is 2. The van der Waals surface area contributed by atoms with Gasteiger partial charge in [0.05, 0.1) is 23.6 Å². The highest BCUT2D eigenvalue weighted by atomic mass is 32.2. The normalized spacial score (nSPS) is 15.2. The van der Waals surface area contributed by atoms with Crippen LogP contribution in [-0.2, 0) is 14.8 Å². The van der Waals surface area contributed by atoms with Crippen LogP contribution in [0.5, 0.6) is 0 Å². The summed E-state index contributed by atoms with van der Waals surface area (Å²) in [5, 5.41) is 3.73. The Morgan fingerprint density at radius 2 is 1.75 bits per heavy atom. The molecular formula is C23H25N3O5S. The third kappa shape index (κ3) is 4.45. The lowest BCUT2D eigenvalue weighted by molar-refractivity contribution is 0.0730. The molecule has 0 unspecified atom stereocenters. The number of pyridine rings is 1. The molecule has 0 spiro atoms. The van der Waals surface area contributed by atoms with Gasteiger partial charge in [0.2, 0.25) is 15.6 Å². The molecule has 1 aliphatic rings. The zero-order chi connectivity index (χ0) is 22.9. The molecule has 2 aromatic carbocycles. The average Bonchev–Trinajstić information content (AvgIpc) is 2.79. The third-order valence-electron chi connectivity index (χ3n) is 5.48. The number of carbonyl (C=O) groups excluding carboxylic acids is 1. The largest absolute Gasteiger partial charge is 0.379 e. The minimum absolute atomic E-state index is 0.139. The van der Waals surface area contributed by atoms with E-state index in [1.54, 1.807) is 18.2 Å². The van der Waals surface area contributed by atoms with Crippen LogP contribution < -0.4 is 10.9 Å². The van der Waals surface area contributed by atoms with E-state index in [4.69, 9.17) is 4.74 Å². The summed E-state index contributed by atoms with van der Waals surface area (Å²) in [6, 6.07) is 12.8. The van der Waals surface area contributed by atoms with E-state index in [0.29, 0.717) is 43.1 Å². The van der Waals surface area contributed by atoms with Crippen molar-refractivity contribution in [1.82, 2.24) is 9.29 Å². The van der Waals surface area contributed by atoms with Gasteiger partial charge in [-0.15, -0.1) is 0 Å². The van der Waals surface area contributed by atoms with Crippen molar-refractivity contribution in [2.24, 2.45) is 0 Å². The molecule has 0 atom stereocenters. The van der Waals surface area contributed by atoms with Crippen molar-refractivity contribution in [3.05, 3.63) is 70.0 Å². The predicted octanol–water partition coefficient (Wildman–Crippen LogP) is 2.92. The van der Waals surface area contributed by atoms with Gasteiger partial charge in [0.15, 0.2) is 0 Å². The molecule has 3 aromatic rings. The summed E-state index contributed by atoms with van der Waals surface area (Å²) in [6.07, 6.45) is 0. The van der Waals surface area contributed by atoms with Crippen LogP contribution in [0.3, 0.4) is 0 Å². The van der Waals surface area contributed by atoms with Crippen molar-refractivity contribution in [2.75, 3.05) is 31.6 Å². The summed E-state index contributed by atoms with van der Waals surface area (Å²) in [5.41, 5.74) is 2.26. The molecule has 2 N–H and O–H groups in total. The Hall–Kier alpha value is -3.01. The molecule has 0 saturated carbocycles. The van der Waals surface area contributed by atoms with Crippen LogP contribution in [0.25, 0.3) is 10.9 Å². The van der Waals surface area contributed by atoms with Gasteiger partial charge in [0.25, 0.3) is 5.91 Å². The first-order valence-corrected chi connectivity index (χ1v) is 11.9. The Labute approximate surface area is 186 Å². The zero-order valence-electron chi connectivity index (χ0n) is 17.9. The highest BCUT2D eigenvalue weighted by Crippen LogP contribution is 2.25. The van der Waals surface area contributed by atoms with E-state index >= 15 is 0 Å². The minimum atomic E-state index is -3.62. The smallest absolute Gasteiger partial charge is 0.255 e. The van der Waals surface area contributed by atoms with E-state index in [9.17, 15) is 18.0 Å². The molecule has 32 heavy (non-hydrogen) atoms. The van der Waals surface area contributed by atoms with Crippen molar-refractivity contribution < 1.29 is 17.9 Å². The van der Waals surface area contributed by atoms with Gasteiger partial charge in [-0.25, -0.2) is 8.42 Å². The predicted molar refractivity (Wildman–Crippen MR) is 123 cm³/mol. The van der Waals surface area contributed by atoms with Crippen LogP contribution in [0, 0.1) is 0 Å². The van der Waals surface area contributed by atoms with Crippen LogP contribution in [0.1, 0.15) is 35.7 Å². The summed E-state index contributed by atoms with van der Waals surface area (Å²) in [7, 11) is -3.62. The van der Waals surface area contributed by atoms with E-state index in [1.807, 2.05) is 19.9 Å². The number of sulfonamides is 1. The average molecular weight is 456 g/mol. The summed E-state index contributed by atoms with van der Waals surface area (Å²) in [5.74, 6) is -0.186. The second-order valence-corrected chi connectivity index (χ2v) is 9.94. The van der Waals surface area contributed by atoms with Gasteiger partial charge in [-0.05, 0) is 47.9 Å². The van der Waals surface area contributed by atoms with Crippen LogP contribution in [-0.4, -0.2) is 49.9 Å². The molecule has 168 valence electrons. The molecule has 1 amide bonds. The molecule has 4 rings (SSSR count). The molecule has 0 aliphatic carbocycles. The first-order chi connectivity index (χ1) is 15.3. The second kappa shape index (κ2) is 8.85. The van der Waals surface area contributed by atoms with E-state index in [1.165, 1.54) is 28.6 Å². The number of nitrogens with zero attached hydrogens (tertiary/aromatic N) is 1. The number of morpholine rings is 1. The molecule has 2 heterocycles. The lowest BCUT2D eigenvalue weighted by Gasteiger charge is -2.26. The van der Waals surface area contributed by atoms with Gasteiger partial charge in [-0.3, -0.25) is 9.59 Å². The lowest BCUT2D eigenvalue weighted by Crippen LogP contribution is -2.40. The van der Waals surface area contributed by atoms with Crippen molar-refractivity contribution >= 4 is 32.5 Å². The van der Waals surface area contributed by atoms with E-state index in [-0.39, 0.29) is 22.3 Å². The first-order valence-electron chi connectivity index (χ1n) is 10.4. The quantitative estimate of drug-likeness (QED) is 0.615.